The molecule has 0 aromatic carbocycles. The van der Waals surface area contributed by atoms with Gasteiger partial charge in [0.1, 0.15) is 11.6 Å². The second kappa shape index (κ2) is 4.47. The molecular weight excluding hydrogens is 176 g/mol. The Morgan fingerprint density at radius 1 is 1.50 bits per heavy atom. The van der Waals surface area contributed by atoms with Gasteiger partial charge in [-0.3, -0.25) is 4.98 Å². The number of rotatable bonds is 3. The molecular formula is C10H14N4. The van der Waals surface area contributed by atoms with Gasteiger partial charge < -0.3 is 11.1 Å². The van der Waals surface area contributed by atoms with Gasteiger partial charge in [0.15, 0.2) is 0 Å². The highest BCUT2D eigenvalue weighted by Crippen LogP contribution is 2.09. The van der Waals surface area contributed by atoms with Gasteiger partial charge in [-0.2, -0.15) is 0 Å². The van der Waals surface area contributed by atoms with Crippen LogP contribution >= 0.6 is 0 Å². The van der Waals surface area contributed by atoms with Crippen LogP contribution in [0.4, 0.5) is 11.6 Å². The van der Waals surface area contributed by atoms with Crippen molar-refractivity contribution in [3.8, 4) is 12.3 Å². The fourth-order valence-corrected chi connectivity index (χ4v) is 1.01. The minimum absolute atomic E-state index is 0.0499. The Balaban J connectivity index is 2.73. The maximum Gasteiger partial charge on any atom is 0.147 e. The highest BCUT2D eigenvalue weighted by atomic mass is 15.1. The summed E-state index contributed by atoms with van der Waals surface area (Å²) >= 11 is 0. The average molecular weight is 190 g/mol. The molecule has 0 saturated heterocycles. The van der Waals surface area contributed by atoms with Crippen LogP contribution in [0.5, 0.6) is 0 Å². The molecule has 4 nitrogen and oxygen atoms in total. The second-order valence-electron chi connectivity index (χ2n) is 3.36. The number of nitrogens with two attached hydrogens (primary N) is 1. The third-order valence-corrected chi connectivity index (χ3v) is 1.80. The maximum atomic E-state index is 5.49. The van der Waals surface area contributed by atoms with Crippen molar-refractivity contribution in [3.05, 3.63) is 12.4 Å². The van der Waals surface area contributed by atoms with Crippen LogP contribution < -0.4 is 11.1 Å². The van der Waals surface area contributed by atoms with E-state index in [-0.39, 0.29) is 6.04 Å². The first-order chi connectivity index (χ1) is 6.63. The van der Waals surface area contributed by atoms with Crippen LogP contribution in [0.3, 0.4) is 0 Å². The molecule has 1 heterocycles. The molecule has 0 saturated carbocycles. The molecule has 0 spiro atoms. The van der Waals surface area contributed by atoms with Crippen molar-refractivity contribution in [3.63, 3.8) is 0 Å². The first-order valence-electron chi connectivity index (χ1n) is 4.43. The zero-order valence-electron chi connectivity index (χ0n) is 8.36. The molecule has 0 bridgehead atoms. The molecule has 1 aromatic heterocycles. The van der Waals surface area contributed by atoms with Gasteiger partial charge in [0.25, 0.3) is 0 Å². The summed E-state index contributed by atoms with van der Waals surface area (Å²) in [5, 5.41) is 3.08. The van der Waals surface area contributed by atoms with Crippen LogP contribution in [0.25, 0.3) is 0 Å². The van der Waals surface area contributed by atoms with E-state index >= 15 is 0 Å². The van der Waals surface area contributed by atoms with Crippen molar-refractivity contribution in [2.75, 3.05) is 11.1 Å². The maximum absolute atomic E-state index is 5.49. The lowest BCUT2D eigenvalue weighted by molar-refractivity contribution is 0.612. The summed E-state index contributed by atoms with van der Waals surface area (Å²) in [6, 6.07) is -0.0499. The molecule has 1 rings (SSSR count). The normalized spacial score (nSPS) is 12.1. The molecule has 1 aromatic rings. The number of nitrogens with one attached hydrogen (secondary N) is 1. The third kappa shape index (κ3) is 2.63. The van der Waals surface area contributed by atoms with E-state index in [0.29, 0.717) is 17.6 Å². The van der Waals surface area contributed by atoms with Gasteiger partial charge in [-0.1, -0.05) is 19.8 Å². The van der Waals surface area contributed by atoms with Gasteiger partial charge in [0.05, 0.1) is 18.4 Å². The minimum Gasteiger partial charge on any atom is -0.382 e. The molecule has 0 fully saturated rings. The number of nitrogen functional groups attached to an aromatic ring is 1. The Labute approximate surface area is 83.9 Å². The SMILES string of the molecule is C#CC(Nc1cncc(N)n1)C(C)C. The van der Waals surface area contributed by atoms with Crippen molar-refractivity contribution in [1.29, 1.82) is 0 Å². The van der Waals surface area contributed by atoms with Crippen LogP contribution in [-0.4, -0.2) is 16.0 Å². The lowest BCUT2D eigenvalue weighted by atomic mass is 10.1. The summed E-state index contributed by atoms with van der Waals surface area (Å²) in [5.74, 6) is 3.98. The quantitative estimate of drug-likeness (QED) is 0.701. The van der Waals surface area contributed by atoms with Crippen molar-refractivity contribution in [2.45, 2.75) is 19.9 Å². The van der Waals surface area contributed by atoms with Crippen molar-refractivity contribution in [2.24, 2.45) is 5.92 Å². The first-order valence-corrected chi connectivity index (χ1v) is 4.43. The minimum atomic E-state index is -0.0499. The zero-order chi connectivity index (χ0) is 10.6. The van der Waals surface area contributed by atoms with Gasteiger partial charge >= 0.3 is 0 Å². The zero-order valence-corrected chi connectivity index (χ0v) is 8.36. The molecule has 0 aliphatic heterocycles. The third-order valence-electron chi connectivity index (χ3n) is 1.80. The van der Waals surface area contributed by atoms with E-state index in [9.17, 15) is 0 Å². The second-order valence-corrected chi connectivity index (χ2v) is 3.36. The van der Waals surface area contributed by atoms with E-state index in [4.69, 9.17) is 12.2 Å². The molecule has 1 unspecified atom stereocenters. The summed E-state index contributed by atoms with van der Waals surface area (Å²) in [7, 11) is 0. The molecule has 14 heavy (non-hydrogen) atoms. The number of hydrogen-bond acceptors (Lipinski definition) is 4. The number of aromatic nitrogens is 2. The molecule has 74 valence electrons. The van der Waals surface area contributed by atoms with E-state index in [1.165, 1.54) is 6.20 Å². The standard InChI is InChI=1S/C10H14N4/c1-4-8(7(2)3)13-10-6-12-5-9(11)14-10/h1,5-8H,2-3H3,(H3,11,13,14). The van der Waals surface area contributed by atoms with Crippen LogP contribution in [0.1, 0.15) is 13.8 Å². The van der Waals surface area contributed by atoms with Crippen LogP contribution in [0.15, 0.2) is 12.4 Å². The molecule has 3 N–H and O–H groups in total. The van der Waals surface area contributed by atoms with E-state index in [0.717, 1.165) is 0 Å². The van der Waals surface area contributed by atoms with Gasteiger partial charge in [-0.15, -0.1) is 6.42 Å². The lowest BCUT2D eigenvalue weighted by Crippen LogP contribution is -2.24. The summed E-state index contributed by atoms with van der Waals surface area (Å²) in [5.41, 5.74) is 5.49. The Bertz CT molecular complexity index is 340. The van der Waals surface area contributed by atoms with Gasteiger partial charge in [-0.05, 0) is 5.92 Å². The summed E-state index contributed by atoms with van der Waals surface area (Å²) in [6.07, 6.45) is 8.46. The van der Waals surface area contributed by atoms with Crippen molar-refractivity contribution >= 4 is 11.6 Å². The Morgan fingerprint density at radius 2 is 2.21 bits per heavy atom. The average Bonchev–Trinajstić information content (AvgIpc) is 2.14. The van der Waals surface area contributed by atoms with Gasteiger partial charge in [0, 0.05) is 0 Å². The fourth-order valence-electron chi connectivity index (χ4n) is 1.01. The predicted molar refractivity (Wildman–Crippen MR) is 57.5 cm³/mol. The van der Waals surface area contributed by atoms with Crippen molar-refractivity contribution in [1.82, 2.24) is 9.97 Å². The number of nitrogens with zero attached hydrogens (tertiary/aromatic N) is 2. The van der Waals surface area contributed by atoms with Gasteiger partial charge in [-0.25, -0.2) is 4.98 Å². The van der Waals surface area contributed by atoms with Crippen LogP contribution in [-0.2, 0) is 0 Å². The molecule has 1 atom stereocenters. The molecule has 0 radical (unpaired) electrons. The summed E-state index contributed by atoms with van der Waals surface area (Å²) in [6.45, 7) is 4.08. The van der Waals surface area contributed by atoms with E-state index < -0.39 is 0 Å². The van der Waals surface area contributed by atoms with Crippen LogP contribution in [0.2, 0.25) is 0 Å². The highest BCUT2D eigenvalue weighted by molar-refractivity contribution is 5.40. The number of terminal acetylenes is 1. The molecule has 0 aliphatic rings. The summed E-state index contributed by atoms with van der Waals surface area (Å²) in [4.78, 5) is 7.96. The van der Waals surface area contributed by atoms with E-state index in [1.807, 2.05) is 13.8 Å². The monoisotopic (exact) mass is 190 g/mol. The van der Waals surface area contributed by atoms with Crippen molar-refractivity contribution < 1.29 is 0 Å². The first kappa shape index (κ1) is 10.3. The largest absolute Gasteiger partial charge is 0.382 e. The number of hydrogen-bond donors (Lipinski definition) is 2. The Morgan fingerprint density at radius 3 is 2.71 bits per heavy atom. The topological polar surface area (TPSA) is 63.8 Å². The fraction of sp³-hybridized carbons (Fsp3) is 0.400. The van der Waals surface area contributed by atoms with Gasteiger partial charge in [0.2, 0.25) is 0 Å². The summed E-state index contributed by atoms with van der Waals surface area (Å²) < 4.78 is 0. The Hall–Kier alpha value is -1.76. The van der Waals surface area contributed by atoms with Crippen LogP contribution in [0, 0.1) is 18.3 Å². The molecule has 4 heteroatoms. The predicted octanol–water partition coefficient (Wildman–Crippen LogP) is 1.13. The molecule has 0 amide bonds. The lowest BCUT2D eigenvalue weighted by Gasteiger charge is -2.16. The number of anilines is 2. The van der Waals surface area contributed by atoms with E-state index in [1.54, 1.807) is 6.20 Å². The smallest absolute Gasteiger partial charge is 0.147 e. The molecule has 0 aliphatic carbocycles. The Kier molecular flexibility index (Phi) is 3.29. The highest BCUT2D eigenvalue weighted by Gasteiger charge is 2.09. The van der Waals surface area contributed by atoms with E-state index in [2.05, 4.69) is 21.2 Å².